The number of carbonyl (C=O) groups excluding carboxylic acids is 1. The Labute approximate surface area is 149 Å². The summed E-state index contributed by atoms with van der Waals surface area (Å²) in [4.78, 5) is 12.7. The number of hydrogen-bond acceptors (Lipinski definition) is 3. The third-order valence-corrected chi connectivity index (χ3v) is 5.00. The number of benzene rings is 2. The molecule has 0 saturated carbocycles. The highest BCUT2D eigenvalue weighted by atomic mass is 32.2. The first-order chi connectivity index (χ1) is 12.0. The molecule has 2 aromatic carbocycles. The van der Waals surface area contributed by atoms with E-state index < -0.39 is 39.4 Å². The van der Waals surface area contributed by atoms with Gasteiger partial charge in [-0.2, -0.15) is 17.5 Å². The van der Waals surface area contributed by atoms with Crippen molar-refractivity contribution in [3.05, 3.63) is 65.7 Å². The van der Waals surface area contributed by atoms with Crippen molar-refractivity contribution < 1.29 is 26.4 Å². The van der Waals surface area contributed by atoms with Gasteiger partial charge in [-0.3, -0.25) is 4.79 Å². The normalized spacial score (nSPS) is 13.5. The Balaban J connectivity index is 2.44. The molecule has 0 spiro atoms. The van der Waals surface area contributed by atoms with Crippen LogP contribution in [0.3, 0.4) is 0 Å². The molecule has 5 nitrogen and oxygen atoms in total. The summed E-state index contributed by atoms with van der Waals surface area (Å²) in [5.74, 6) is -0.888. The topological polar surface area (TPSA) is 66.5 Å². The lowest BCUT2D eigenvalue weighted by Crippen LogP contribution is -2.38. The molecule has 1 amide bonds. The summed E-state index contributed by atoms with van der Waals surface area (Å²) in [6, 6.07) is 11.1. The Morgan fingerprint density at radius 2 is 1.58 bits per heavy atom. The number of alkyl halides is 3. The van der Waals surface area contributed by atoms with E-state index in [-0.39, 0.29) is 0 Å². The molecule has 2 rings (SSSR count). The number of anilines is 1. The number of likely N-dealkylation sites (N-methyl/N-ethyl adjacent to an activating group) is 1. The Kier molecular flexibility index (Phi) is 5.72. The molecule has 0 heterocycles. The van der Waals surface area contributed by atoms with Crippen molar-refractivity contribution in [1.82, 2.24) is 4.31 Å². The summed E-state index contributed by atoms with van der Waals surface area (Å²) in [5.41, 5.74) is -1.11. The van der Waals surface area contributed by atoms with Crippen LogP contribution in [0, 0.1) is 0 Å². The maximum Gasteiger partial charge on any atom is 0.418 e. The lowest BCUT2D eigenvalue weighted by atomic mass is 10.1. The summed E-state index contributed by atoms with van der Waals surface area (Å²) >= 11 is 0. The van der Waals surface area contributed by atoms with Gasteiger partial charge in [-0.05, 0) is 17.7 Å². The first-order valence-electron chi connectivity index (χ1n) is 7.47. The summed E-state index contributed by atoms with van der Waals surface area (Å²) < 4.78 is 63.9. The predicted molar refractivity (Wildman–Crippen MR) is 91.9 cm³/mol. The molecular formula is C17H17F3N2O3S. The zero-order valence-corrected chi connectivity index (χ0v) is 14.8. The largest absolute Gasteiger partial charge is 0.418 e. The molecule has 0 aliphatic heterocycles. The summed E-state index contributed by atoms with van der Waals surface area (Å²) in [5, 5.41) is 2.20. The second-order valence-electron chi connectivity index (χ2n) is 5.63. The number of nitrogens with zero attached hydrogens (tertiary/aromatic N) is 1. The fraction of sp³-hybridized carbons (Fsp3) is 0.235. The van der Waals surface area contributed by atoms with Gasteiger partial charge in [-0.25, -0.2) is 8.42 Å². The van der Waals surface area contributed by atoms with E-state index >= 15 is 0 Å². The SMILES string of the molecule is CN([C@@H](C(=O)Nc1ccccc1C(F)(F)F)c1ccccc1)S(C)(=O)=O. The predicted octanol–water partition coefficient (Wildman–Crippen LogP) is 3.28. The van der Waals surface area contributed by atoms with Crippen molar-refractivity contribution in [2.45, 2.75) is 12.2 Å². The highest BCUT2D eigenvalue weighted by molar-refractivity contribution is 7.88. The van der Waals surface area contributed by atoms with Crippen molar-refractivity contribution in [2.75, 3.05) is 18.6 Å². The summed E-state index contributed by atoms with van der Waals surface area (Å²) in [7, 11) is -2.58. The molecule has 0 aliphatic rings. The molecule has 0 aliphatic carbocycles. The van der Waals surface area contributed by atoms with Crippen molar-refractivity contribution in [3.63, 3.8) is 0 Å². The average molecular weight is 386 g/mol. The quantitative estimate of drug-likeness (QED) is 0.858. The highest BCUT2D eigenvalue weighted by Crippen LogP contribution is 2.35. The van der Waals surface area contributed by atoms with Crippen LogP contribution >= 0.6 is 0 Å². The summed E-state index contributed by atoms with van der Waals surface area (Å²) in [6.45, 7) is 0. The van der Waals surface area contributed by atoms with Crippen molar-refractivity contribution in [3.8, 4) is 0 Å². The second kappa shape index (κ2) is 7.46. The lowest BCUT2D eigenvalue weighted by Gasteiger charge is -2.26. The Morgan fingerprint density at radius 1 is 1.04 bits per heavy atom. The van der Waals surface area contributed by atoms with Gasteiger partial charge >= 0.3 is 6.18 Å². The van der Waals surface area contributed by atoms with E-state index in [0.29, 0.717) is 5.56 Å². The Hall–Kier alpha value is -2.39. The molecule has 2 aromatic rings. The van der Waals surface area contributed by atoms with E-state index in [4.69, 9.17) is 0 Å². The number of hydrogen-bond donors (Lipinski definition) is 1. The van der Waals surface area contributed by atoms with Crippen LogP contribution in [0.1, 0.15) is 17.2 Å². The van der Waals surface area contributed by atoms with E-state index in [1.54, 1.807) is 18.2 Å². The zero-order valence-electron chi connectivity index (χ0n) is 14.0. The monoisotopic (exact) mass is 386 g/mol. The Bertz CT molecular complexity index is 884. The van der Waals surface area contributed by atoms with Gasteiger partial charge in [0.05, 0.1) is 17.5 Å². The van der Waals surface area contributed by atoms with E-state index in [1.165, 1.54) is 31.3 Å². The van der Waals surface area contributed by atoms with Crippen LogP contribution in [0.2, 0.25) is 0 Å². The zero-order chi connectivity index (χ0) is 19.5. The van der Waals surface area contributed by atoms with Gasteiger partial charge in [0.15, 0.2) is 0 Å². The van der Waals surface area contributed by atoms with Gasteiger partial charge in [0, 0.05) is 7.05 Å². The maximum atomic E-state index is 13.1. The molecule has 9 heteroatoms. The number of sulfonamides is 1. The van der Waals surface area contributed by atoms with Crippen LogP contribution in [-0.4, -0.2) is 31.9 Å². The molecule has 26 heavy (non-hydrogen) atoms. The van der Waals surface area contributed by atoms with Gasteiger partial charge in [0.1, 0.15) is 6.04 Å². The minimum absolute atomic E-state index is 0.336. The van der Waals surface area contributed by atoms with Crippen LogP contribution in [0.4, 0.5) is 18.9 Å². The van der Waals surface area contributed by atoms with Crippen LogP contribution in [0.5, 0.6) is 0 Å². The van der Waals surface area contributed by atoms with Crippen LogP contribution in [0.25, 0.3) is 0 Å². The van der Waals surface area contributed by atoms with Crippen LogP contribution in [0.15, 0.2) is 54.6 Å². The number of nitrogens with one attached hydrogen (secondary N) is 1. The molecule has 0 unspecified atom stereocenters. The van der Waals surface area contributed by atoms with E-state index in [0.717, 1.165) is 22.7 Å². The van der Waals surface area contributed by atoms with Crippen molar-refractivity contribution in [1.29, 1.82) is 0 Å². The number of halogens is 3. The molecular weight excluding hydrogens is 369 g/mol. The van der Waals surface area contributed by atoms with Gasteiger partial charge in [-0.1, -0.05) is 42.5 Å². The van der Waals surface area contributed by atoms with Crippen molar-refractivity contribution >= 4 is 21.6 Å². The third-order valence-electron chi connectivity index (χ3n) is 3.74. The van der Waals surface area contributed by atoms with Gasteiger partial charge in [0.25, 0.3) is 0 Å². The molecule has 0 radical (unpaired) electrons. The van der Waals surface area contributed by atoms with Crippen LogP contribution in [-0.2, 0) is 21.0 Å². The fourth-order valence-electron chi connectivity index (χ4n) is 2.39. The first-order valence-corrected chi connectivity index (χ1v) is 9.31. The maximum absolute atomic E-state index is 13.1. The third kappa shape index (κ3) is 4.61. The Morgan fingerprint density at radius 3 is 2.12 bits per heavy atom. The van der Waals surface area contributed by atoms with Gasteiger partial charge in [-0.15, -0.1) is 0 Å². The van der Waals surface area contributed by atoms with E-state index in [2.05, 4.69) is 5.32 Å². The van der Waals surface area contributed by atoms with Crippen LogP contribution < -0.4 is 5.32 Å². The van der Waals surface area contributed by atoms with E-state index in [1.807, 2.05) is 0 Å². The highest BCUT2D eigenvalue weighted by Gasteiger charge is 2.35. The molecule has 140 valence electrons. The number of carbonyl (C=O) groups is 1. The molecule has 1 atom stereocenters. The fourth-order valence-corrected chi connectivity index (χ4v) is 2.99. The molecule has 0 saturated heterocycles. The first kappa shape index (κ1) is 19.9. The van der Waals surface area contributed by atoms with Gasteiger partial charge in [0.2, 0.25) is 15.9 Å². The van der Waals surface area contributed by atoms with Gasteiger partial charge < -0.3 is 5.32 Å². The average Bonchev–Trinajstić information content (AvgIpc) is 2.54. The number of para-hydroxylation sites is 1. The smallest absolute Gasteiger partial charge is 0.324 e. The standard InChI is InChI=1S/C17H17F3N2O3S/c1-22(26(2,24)25)15(12-8-4-3-5-9-12)16(23)21-14-11-7-6-10-13(14)17(18,19)20/h3-11,15H,1-2H3,(H,21,23)/t15-/m1/s1. The minimum Gasteiger partial charge on any atom is -0.324 e. The second-order valence-corrected chi connectivity index (χ2v) is 7.67. The molecule has 1 N–H and O–H groups in total. The lowest BCUT2D eigenvalue weighted by molar-refractivity contribution is -0.137. The van der Waals surface area contributed by atoms with E-state index in [9.17, 15) is 26.4 Å². The number of amides is 1. The molecule has 0 fully saturated rings. The van der Waals surface area contributed by atoms with Crippen molar-refractivity contribution in [2.24, 2.45) is 0 Å². The molecule has 0 bridgehead atoms. The molecule has 0 aromatic heterocycles. The number of rotatable bonds is 5. The summed E-state index contributed by atoms with van der Waals surface area (Å²) in [6.07, 6.45) is -3.74. The minimum atomic E-state index is -4.66.